The first-order valence-corrected chi connectivity index (χ1v) is 6.13. The van der Waals surface area contributed by atoms with E-state index >= 15 is 0 Å². The van der Waals surface area contributed by atoms with Gasteiger partial charge < -0.3 is 0 Å². The lowest BCUT2D eigenvalue weighted by atomic mass is 9.98. The van der Waals surface area contributed by atoms with Crippen molar-refractivity contribution < 1.29 is 4.79 Å². The highest BCUT2D eigenvalue weighted by Gasteiger charge is 2.05. The second kappa shape index (κ2) is 5.85. The van der Waals surface area contributed by atoms with E-state index in [0.29, 0.717) is 10.0 Å². The smallest absolute Gasteiger partial charge is 0.143 e. The second-order valence-corrected chi connectivity index (χ2v) is 4.61. The molecule has 3 heteroatoms. The predicted octanol–water partition coefficient (Wildman–Crippen LogP) is 4.62. The normalized spacial score (nSPS) is 9.89. The summed E-state index contributed by atoms with van der Waals surface area (Å²) in [6.45, 7) is 0. The number of halogens is 2. The van der Waals surface area contributed by atoms with Gasteiger partial charge in [-0.1, -0.05) is 47.5 Å². The van der Waals surface area contributed by atoms with Crippen molar-refractivity contribution in [3.05, 3.63) is 75.8 Å². The van der Waals surface area contributed by atoms with E-state index in [1.807, 2.05) is 36.4 Å². The summed E-state index contributed by atoms with van der Waals surface area (Å²) in [6, 6.07) is 14.7. The Kier molecular flexibility index (Phi) is 4.19. The Balaban J connectivity index is 2.54. The van der Waals surface area contributed by atoms with Crippen LogP contribution in [0.4, 0.5) is 0 Å². The topological polar surface area (TPSA) is 17.1 Å². The van der Waals surface area contributed by atoms with Gasteiger partial charge >= 0.3 is 0 Å². The molecule has 18 heavy (non-hydrogen) atoms. The lowest BCUT2D eigenvalue weighted by Crippen LogP contribution is -1.89. The molecule has 0 amide bonds. The van der Waals surface area contributed by atoms with E-state index in [-0.39, 0.29) is 0 Å². The van der Waals surface area contributed by atoms with E-state index in [9.17, 15) is 4.79 Å². The van der Waals surface area contributed by atoms with Crippen molar-refractivity contribution in [2.24, 2.45) is 0 Å². The minimum absolute atomic E-state index is 0.631. The Morgan fingerprint density at radius 3 is 1.78 bits per heavy atom. The number of carbonyl (C=O) groups is 1. The highest BCUT2D eigenvalue weighted by molar-refractivity contribution is 6.31. The monoisotopic (exact) mass is 276 g/mol. The maximum Gasteiger partial charge on any atom is 0.143 e. The van der Waals surface area contributed by atoms with E-state index in [0.717, 1.165) is 23.0 Å². The summed E-state index contributed by atoms with van der Waals surface area (Å²) in [5.74, 6) is 0. The summed E-state index contributed by atoms with van der Waals surface area (Å²) in [4.78, 5) is 10.8. The van der Waals surface area contributed by atoms with Gasteiger partial charge in [0.25, 0.3) is 0 Å². The Labute approximate surface area is 116 Å². The molecular formula is C15H10Cl2O. The number of hydrogen-bond donors (Lipinski definition) is 0. The molecule has 0 atom stereocenters. The number of allylic oxidation sites excluding steroid dienone is 1. The molecule has 0 aliphatic carbocycles. The molecule has 0 N–H and O–H groups in total. The molecule has 0 fully saturated rings. The SMILES string of the molecule is O=CC=C(c1cccc(Cl)c1)c1cccc(Cl)c1. The molecule has 2 rings (SSSR count). The third-order valence-electron chi connectivity index (χ3n) is 2.51. The van der Waals surface area contributed by atoms with Crippen molar-refractivity contribution in [2.45, 2.75) is 0 Å². The van der Waals surface area contributed by atoms with E-state index in [2.05, 4.69) is 0 Å². The van der Waals surface area contributed by atoms with E-state index in [4.69, 9.17) is 23.2 Å². The zero-order valence-corrected chi connectivity index (χ0v) is 10.9. The lowest BCUT2D eigenvalue weighted by Gasteiger charge is -2.08. The van der Waals surface area contributed by atoms with Crippen LogP contribution in [0.3, 0.4) is 0 Å². The van der Waals surface area contributed by atoms with Crippen LogP contribution in [0.25, 0.3) is 5.57 Å². The third kappa shape index (κ3) is 3.00. The zero-order valence-electron chi connectivity index (χ0n) is 9.44. The molecule has 0 saturated carbocycles. The van der Waals surface area contributed by atoms with Crippen molar-refractivity contribution >= 4 is 35.1 Å². The molecule has 1 nitrogen and oxygen atoms in total. The van der Waals surface area contributed by atoms with Crippen LogP contribution in [0.5, 0.6) is 0 Å². The van der Waals surface area contributed by atoms with Gasteiger partial charge in [-0.15, -0.1) is 0 Å². The average Bonchev–Trinajstić information content (AvgIpc) is 2.36. The highest BCUT2D eigenvalue weighted by atomic mass is 35.5. The number of hydrogen-bond acceptors (Lipinski definition) is 1. The summed E-state index contributed by atoms with van der Waals surface area (Å²) in [7, 11) is 0. The van der Waals surface area contributed by atoms with E-state index in [1.54, 1.807) is 12.1 Å². The fourth-order valence-electron chi connectivity index (χ4n) is 1.74. The largest absolute Gasteiger partial charge is 0.299 e. The van der Waals surface area contributed by atoms with Crippen LogP contribution in [-0.4, -0.2) is 6.29 Å². The van der Waals surface area contributed by atoms with Gasteiger partial charge in [0.2, 0.25) is 0 Å². The maximum absolute atomic E-state index is 10.8. The third-order valence-corrected chi connectivity index (χ3v) is 2.98. The minimum Gasteiger partial charge on any atom is -0.299 e. The van der Waals surface area contributed by atoms with Gasteiger partial charge in [-0.05, 0) is 47.0 Å². The van der Waals surface area contributed by atoms with Gasteiger partial charge in [-0.25, -0.2) is 0 Å². The molecule has 0 radical (unpaired) electrons. The number of benzene rings is 2. The highest BCUT2D eigenvalue weighted by Crippen LogP contribution is 2.26. The first-order valence-electron chi connectivity index (χ1n) is 5.38. The van der Waals surface area contributed by atoms with Crippen LogP contribution in [0, 0.1) is 0 Å². The summed E-state index contributed by atoms with van der Waals surface area (Å²) in [5.41, 5.74) is 2.57. The van der Waals surface area contributed by atoms with Crippen LogP contribution < -0.4 is 0 Å². The van der Waals surface area contributed by atoms with Gasteiger partial charge in [0.15, 0.2) is 0 Å². The van der Waals surface area contributed by atoms with Gasteiger partial charge in [0, 0.05) is 10.0 Å². The number of carbonyl (C=O) groups excluding carboxylic acids is 1. The van der Waals surface area contributed by atoms with E-state index < -0.39 is 0 Å². The van der Waals surface area contributed by atoms with Crippen LogP contribution in [0.15, 0.2) is 54.6 Å². The molecule has 90 valence electrons. The summed E-state index contributed by atoms with van der Waals surface area (Å²) < 4.78 is 0. The van der Waals surface area contributed by atoms with Crippen LogP contribution in [-0.2, 0) is 4.79 Å². The minimum atomic E-state index is 0.631. The second-order valence-electron chi connectivity index (χ2n) is 3.74. The van der Waals surface area contributed by atoms with Gasteiger partial charge in [0.1, 0.15) is 6.29 Å². The fourth-order valence-corrected chi connectivity index (χ4v) is 2.12. The van der Waals surface area contributed by atoms with Crippen molar-refractivity contribution in [1.29, 1.82) is 0 Å². The Bertz CT molecular complexity index is 555. The van der Waals surface area contributed by atoms with Crippen molar-refractivity contribution in [2.75, 3.05) is 0 Å². The molecule has 0 aliphatic rings. The van der Waals surface area contributed by atoms with Crippen LogP contribution in [0.2, 0.25) is 10.0 Å². The maximum atomic E-state index is 10.8. The van der Waals surface area contributed by atoms with Crippen molar-refractivity contribution in [1.82, 2.24) is 0 Å². The number of rotatable bonds is 3. The molecule has 0 unspecified atom stereocenters. The van der Waals surface area contributed by atoms with E-state index in [1.165, 1.54) is 6.08 Å². The lowest BCUT2D eigenvalue weighted by molar-refractivity contribution is -0.104. The van der Waals surface area contributed by atoms with Crippen LogP contribution >= 0.6 is 23.2 Å². The predicted molar refractivity (Wildman–Crippen MR) is 76.0 cm³/mol. The molecular weight excluding hydrogens is 267 g/mol. The molecule has 0 aliphatic heterocycles. The molecule has 0 bridgehead atoms. The standard InChI is InChI=1S/C15H10Cl2O/c16-13-5-1-3-11(9-13)15(7-8-18)12-4-2-6-14(17)10-12/h1-10H. The first kappa shape index (κ1) is 12.9. The Hall–Kier alpha value is -1.57. The Morgan fingerprint density at radius 2 is 1.39 bits per heavy atom. The summed E-state index contributed by atoms with van der Waals surface area (Å²) in [6.07, 6.45) is 2.27. The molecule has 0 aromatic heterocycles. The molecule has 0 spiro atoms. The molecule has 2 aromatic carbocycles. The molecule has 0 saturated heterocycles. The Morgan fingerprint density at radius 1 is 0.889 bits per heavy atom. The molecule has 2 aromatic rings. The zero-order chi connectivity index (χ0) is 13.0. The van der Waals surface area contributed by atoms with Gasteiger partial charge in [-0.2, -0.15) is 0 Å². The fraction of sp³-hybridized carbons (Fsp3) is 0. The average molecular weight is 277 g/mol. The van der Waals surface area contributed by atoms with Gasteiger partial charge in [0.05, 0.1) is 0 Å². The van der Waals surface area contributed by atoms with Crippen LogP contribution in [0.1, 0.15) is 11.1 Å². The van der Waals surface area contributed by atoms with Gasteiger partial charge in [-0.3, -0.25) is 4.79 Å². The van der Waals surface area contributed by atoms with Crippen molar-refractivity contribution in [3.63, 3.8) is 0 Å². The molecule has 0 heterocycles. The number of aldehydes is 1. The first-order chi connectivity index (χ1) is 8.70. The summed E-state index contributed by atoms with van der Waals surface area (Å²) >= 11 is 11.9. The van der Waals surface area contributed by atoms with Crippen molar-refractivity contribution in [3.8, 4) is 0 Å². The summed E-state index contributed by atoms with van der Waals surface area (Å²) in [5, 5.41) is 1.26. The quantitative estimate of drug-likeness (QED) is 0.590.